The zero-order valence-corrected chi connectivity index (χ0v) is 17.5. The first-order valence-electron chi connectivity index (χ1n) is 8.88. The van der Waals surface area contributed by atoms with E-state index in [0.717, 1.165) is 0 Å². The topological polar surface area (TPSA) is 86.3 Å². The molecule has 2 aromatic rings. The minimum Gasteiger partial charge on any atom is -0.488 e. The number of ether oxygens (including phenoxy) is 4. The molecule has 0 amide bonds. The van der Waals surface area contributed by atoms with Crippen molar-refractivity contribution in [3.8, 4) is 5.75 Å². The first-order chi connectivity index (χ1) is 14.0. The number of carboxylic acid groups (broad SMARTS) is 1. The Morgan fingerprint density at radius 1 is 0.966 bits per heavy atom. The lowest BCUT2D eigenvalue weighted by Crippen LogP contribution is -2.12. The number of nitrogens with one attached hydrogen (secondary N) is 1. The molecule has 29 heavy (non-hydrogen) atoms. The summed E-state index contributed by atoms with van der Waals surface area (Å²) in [4.78, 5) is 11.3. The van der Waals surface area contributed by atoms with Crippen molar-refractivity contribution in [3.63, 3.8) is 0 Å². The molecule has 9 heteroatoms. The molecule has 0 aliphatic rings. The predicted molar refractivity (Wildman–Crippen MR) is 112 cm³/mol. The number of hydrogen-bond donors (Lipinski definition) is 2. The van der Waals surface area contributed by atoms with Crippen LogP contribution in [0.4, 0.5) is 11.4 Å². The summed E-state index contributed by atoms with van der Waals surface area (Å²) >= 11 is 12.6. The van der Waals surface area contributed by atoms with Gasteiger partial charge in [0.1, 0.15) is 6.61 Å². The van der Waals surface area contributed by atoms with Crippen molar-refractivity contribution in [2.24, 2.45) is 0 Å². The maximum Gasteiger partial charge on any atom is 0.337 e. The van der Waals surface area contributed by atoms with Crippen LogP contribution in [0.2, 0.25) is 10.0 Å². The minimum atomic E-state index is -1.03. The van der Waals surface area contributed by atoms with Crippen molar-refractivity contribution >= 4 is 40.5 Å². The number of rotatable bonds is 13. The third kappa shape index (κ3) is 7.72. The van der Waals surface area contributed by atoms with Crippen LogP contribution in [-0.2, 0) is 14.2 Å². The molecule has 0 spiro atoms. The summed E-state index contributed by atoms with van der Waals surface area (Å²) in [5, 5.41) is 12.9. The molecule has 0 unspecified atom stereocenters. The number of anilines is 2. The standard InChI is InChI=1S/C20H23Cl2NO6/c1-26-6-7-27-8-9-28-10-11-29-19-16(21)12-14(13-17(19)22)23-18-5-3-2-4-15(18)20(24)25/h2-5,12-13,23H,6-11H2,1H3,(H,24,25). The summed E-state index contributed by atoms with van der Waals surface area (Å²) in [6.07, 6.45) is 0. The highest BCUT2D eigenvalue weighted by Crippen LogP contribution is 2.37. The quantitative estimate of drug-likeness (QED) is 0.440. The van der Waals surface area contributed by atoms with Crippen LogP contribution in [-0.4, -0.2) is 57.8 Å². The Hall–Kier alpha value is -2.03. The molecule has 0 aliphatic heterocycles. The predicted octanol–water partition coefficient (Wildman–Crippen LogP) is 4.49. The van der Waals surface area contributed by atoms with Gasteiger partial charge >= 0.3 is 5.97 Å². The van der Waals surface area contributed by atoms with Crippen LogP contribution >= 0.6 is 23.2 Å². The van der Waals surface area contributed by atoms with E-state index < -0.39 is 5.97 Å². The lowest BCUT2D eigenvalue weighted by atomic mass is 10.1. The molecular weight excluding hydrogens is 421 g/mol. The largest absolute Gasteiger partial charge is 0.488 e. The molecule has 2 aromatic carbocycles. The van der Waals surface area contributed by atoms with E-state index in [-0.39, 0.29) is 12.2 Å². The molecule has 0 saturated carbocycles. The Labute approximate surface area is 179 Å². The molecule has 0 aromatic heterocycles. The van der Waals surface area contributed by atoms with Crippen LogP contribution in [0.25, 0.3) is 0 Å². The summed E-state index contributed by atoms with van der Waals surface area (Å²) < 4.78 is 21.2. The fourth-order valence-corrected chi connectivity index (χ4v) is 2.97. The molecule has 0 bridgehead atoms. The smallest absolute Gasteiger partial charge is 0.337 e. The maximum absolute atomic E-state index is 11.3. The van der Waals surface area contributed by atoms with Gasteiger partial charge in [-0.25, -0.2) is 4.79 Å². The summed E-state index contributed by atoms with van der Waals surface area (Å²) in [6.45, 7) is 2.62. The van der Waals surface area contributed by atoms with Gasteiger partial charge in [0, 0.05) is 12.8 Å². The molecule has 0 heterocycles. The normalized spacial score (nSPS) is 10.7. The highest BCUT2D eigenvalue weighted by atomic mass is 35.5. The van der Waals surface area contributed by atoms with E-state index in [1.54, 1.807) is 37.4 Å². The van der Waals surface area contributed by atoms with E-state index in [4.69, 9.17) is 42.1 Å². The number of methoxy groups -OCH3 is 1. The Bertz CT molecular complexity index is 779. The minimum absolute atomic E-state index is 0.142. The molecule has 0 radical (unpaired) electrons. The number of halogens is 2. The van der Waals surface area contributed by atoms with Gasteiger partial charge in [0.25, 0.3) is 0 Å². The second-order valence-corrected chi connectivity index (χ2v) is 6.63. The number of carboxylic acids is 1. The molecule has 158 valence electrons. The van der Waals surface area contributed by atoms with E-state index in [0.29, 0.717) is 60.2 Å². The Morgan fingerprint density at radius 3 is 2.17 bits per heavy atom. The molecule has 0 atom stereocenters. The van der Waals surface area contributed by atoms with Crippen LogP contribution in [0.5, 0.6) is 5.75 Å². The van der Waals surface area contributed by atoms with Gasteiger partial charge in [-0.1, -0.05) is 35.3 Å². The van der Waals surface area contributed by atoms with Gasteiger partial charge in [0.05, 0.1) is 54.3 Å². The van der Waals surface area contributed by atoms with Crippen LogP contribution in [0.3, 0.4) is 0 Å². The van der Waals surface area contributed by atoms with E-state index >= 15 is 0 Å². The molecule has 7 nitrogen and oxygen atoms in total. The number of para-hydroxylation sites is 1. The summed E-state index contributed by atoms with van der Waals surface area (Å²) in [7, 11) is 1.62. The van der Waals surface area contributed by atoms with Crippen molar-refractivity contribution in [2.75, 3.05) is 52.1 Å². The fourth-order valence-electron chi connectivity index (χ4n) is 2.37. The fraction of sp³-hybridized carbons (Fsp3) is 0.350. The van der Waals surface area contributed by atoms with Crippen molar-refractivity contribution in [1.82, 2.24) is 0 Å². The second kappa shape index (κ2) is 12.5. The highest BCUT2D eigenvalue weighted by molar-refractivity contribution is 6.37. The first kappa shape index (κ1) is 23.3. The molecule has 0 aliphatic carbocycles. The van der Waals surface area contributed by atoms with Crippen molar-refractivity contribution in [1.29, 1.82) is 0 Å². The van der Waals surface area contributed by atoms with Gasteiger partial charge in [0.15, 0.2) is 5.75 Å². The van der Waals surface area contributed by atoms with E-state index in [9.17, 15) is 9.90 Å². The van der Waals surface area contributed by atoms with Gasteiger partial charge < -0.3 is 29.4 Å². The number of benzene rings is 2. The number of aromatic carboxylic acids is 1. The average Bonchev–Trinajstić information content (AvgIpc) is 2.68. The van der Waals surface area contributed by atoms with Crippen molar-refractivity contribution in [2.45, 2.75) is 0 Å². The Morgan fingerprint density at radius 2 is 1.55 bits per heavy atom. The summed E-state index contributed by atoms with van der Waals surface area (Å²) in [6, 6.07) is 9.79. The summed E-state index contributed by atoms with van der Waals surface area (Å²) in [5.41, 5.74) is 1.12. The molecular formula is C20H23Cl2NO6. The van der Waals surface area contributed by atoms with Gasteiger partial charge in [0.2, 0.25) is 0 Å². The van der Waals surface area contributed by atoms with Gasteiger partial charge in [-0.3, -0.25) is 0 Å². The average molecular weight is 444 g/mol. The van der Waals surface area contributed by atoms with Crippen LogP contribution in [0.15, 0.2) is 36.4 Å². The molecule has 2 rings (SSSR count). The Kier molecular flexibility index (Phi) is 10.0. The third-order valence-corrected chi connectivity index (χ3v) is 4.27. The lowest BCUT2D eigenvalue weighted by Gasteiger charge is -2.14. The van der Waals surface area contributed by atoms with Crippen LogP contribution < -0.4 is 10.1 Å². The first-order valence-corrected chi connectivity index (χ1v) is 9.64. The molecule has 0 saturated heterocycles. The van der Waals surface area contributed by atoms with E-state index in [1.165, 1.54) is 6.07 Å². The van der Waals surface area contributed by atoms with Gasteiger partial charge in [-0.15, -0.1) is 0 Å². The van der Waals surface area contributed by atoms with Crippen molar-refractivity contribution < 1.29 is 28.8 Å². The molecule has 2 N–H and O–H groups in total. The SMILES string of the molecule is COCCOCCOCCOc1c(Cl)cc(Nc2ccccc2C(=O)O)cc1Cl. The zero-order valence-electron chi connectivity index (χ0n) is 16.0. The second-order valence-electron chi connectivity index (χ2n) is 5.81. The van der Waals surface area contributed by atoms with Gasteiger partial charge in [-0.05, 0) is 24.3 Å². The van der Waals surface area contributed by atoms with E-state index in [2.05, 4.69) is 5.32 Å². The summed E-state index contributed by atoms with van der Waals surface area (Å²) in [5.74, 6) is -0.695. The van der Waals surface area contributed by atoms with Gasteiger partial charge in [-0.2, -0.15) is 0 Å². The number of carbonyl (C=O) groups is 1. The maximum atomic E-state index is 11.3. The van der Waals surface area contributed by atoms with Crippen molar-refractivity contribution in [3.05, 3.63) is 52.0 Å². The molecule has 0 fully saturated rings. The third-order valence-electron chi connectivity index (χ3n) is 3.71. The van der Waals surface area contributed by atoms with Crippen LogP contribution in [0, 0.1) is 0 Å². The van der Waals surface area contributed by atoms with E-state index in [1.807, 2.05) is 0 Å². The Balaban J connectivity index is 1.86. The number of hydrogen-bond acceptors (Lipinski definition) is 6. The monoisotopic (exact) mass is 443 g/mol. The highest BCUT2D eigenvalue weighted by Gasteiger charge is 2.13. The lowest BCUT2D eigenvalue weighted by molar-refractivity contribution is 0.0180. The zero-order chi connectivity index (χ0) is 21.1. The van der Waals surface area contributed by atoms with Crippen LogP contribution in [0.1, 0.15) is 10.4 Å².